The Hall–Kier alpha value is -0.880. The monoisotopic (exact) mass is 219 g/mol. The van der Waals surface area contributed by atoms with Gasteiger partial charge in [-0.15, -0.1) is 11.3 Å². The molecule has 72 valence electrons. The van der Waals surface area contributed by atoms with Crippen LogP contribution in [0.1, 0.15) is 11.8 Å². The Labute approximate surface area is 80.6 Å². The van der Waals surface area contributed by atoms with Crippen LogP contribution in [0.5, 0.6) is 0 Å². The zero-order valence-electron chi connectivity index (χ0n) is 7.20. The van der Waals surface area contributed by atoms with E-state index in [9.17, 15) is 13.2 Å². The molecular weight excluding hydrogens is 210 g/mol. The van der Waals surface area contributed by atoms with Gasteiger partial charge in [-0.25, -0.2) is 13.1 Å². The lowest BCUT2D eigenvalue weighted by molar-refractivity contribution is -0.117. The molecule has 1 heterocycles. The van der Waals surface area contributed by atoms with Gasteiger partial charge in [-0.2, -0.15) is 0 Å². The number of amides is 1. The largest absolute Gasteiger partial charge is 0.274 e. The van der Waals surface area contributed by atoms with E-state index in [4.69, 9.17) is 0 Å². The number of nitrogens with one attached hydrogen (secondary N) is 1. The van der Waals surface area contributed by atoms with Crippen LogP contribution in [-0.2, 0) is 14.8 Å². The Balaban J connectivity index is 3.01. The van der Waals surface area contributed by atoms with Crippen molar-refractivity contribution in [1.29, 1.82) is 0 Å². The van der Waals surface area contributed by atoms with Crippen LogP contribution < -0.4 is 4.72 Å². The van der Waals surface area contributed by atoms with Crippen molar-refractivity contribution < 1.29 is 13.2 Å². The summed E-state index contributed by atoms with van der Waals surface area (Å²) in [5, 5.41) is 0. The molecule has 0 fully saturated rings. The zero-order valence-corrected chi connectivity index (χ0v) is 8.83. The molecule has 13 heavy (non-hydrogen) atoms. The van der Waals surface area contributed by atoms with E-state index in [1.165, 1.54) is 6.07 Å². The van der Waals surface area contributed by atoms with Gasteiger partial charge in [0.1, 0.15) is 4.21 Å². The highest BCUT2D eigenvalue weighted by Crippen LogP contribution is 2.19. The molecule has 0 aliphatic rings. The number of thiophene rings is 1. The summed E-state index contributed by atoms with van der Waals surface area (Å²) in [4.78, 5) is 11.4. The van der Waals surface area contributed by atoms with Gasteiger partial charge < -0.3 is 0 Å². The zero-order chi connectivity index (χ0) is 10.1. The molecule has 0 aliphatic carbocycles. The molecule has 1 N–H and O–H groups in total. The Morgan fingerprint density at radius 1 is 1.46 bits per heavy atom. The van der Waals surface area contributed by atoms with E-state index in [0.29, 0.717) is 0 Å². The first-order valence-corrected chi connectivity index (χ1v) is 5.81. The summed E-state index contributed by atoms with van der Waals surface area (Å²) in [7, 11) is -3.62. The second-order valence-corrected chi connectivity index (χ2v) is 5.72. The Morgan fingerprint density at radius 3 is 2.46 bits per heavy atom. The number of carbonyl (C=O) groups is 1. The maximum atomic E-state index is 11.3. The highest BCUT2D eigenvalue weighted by molar-refractivity contribution is 7.92. The molecule has 0 spiro atoms. The van der Waals surface area contributed by atoms with Gasteiger partial charge in [0, 0.05) is 11.8 Å². The first-order chi connectivity index (χ1) is 5.92. The number of rotatable bonds is 2. The average Bonchev–Trinajstić information content (AvgIpc) is 2.32. The predicted molar refractivity (Wildman–Crippen MR) is 50.1 cm³/mol. The number of aryl methyl sites for hydroxylation is 1. The number of carbonyl (C=O) groups excluding carboxylic acids is 1. The minimum Gasteiger partial charge on any atom is -0.274 e. The van der Waals surface area contributed by atoms with Crippen molar-refractivity contribution in [2.45, 2.75) is 18.1 Å². The van der Waals surface area contributed by atoms with E-state index in [1.54, 1.807) is 13.0 Å². The highest BCUT2D eigenvalue weighted by Gasteiger charge is 2.16. The molecule has 1 aromatic rings. The topological polar surface area (TPSA) is 63.2 Å². The molecule has 0 saturated carbocycles. The van der Waals surface area contributed by atoms with Crippen LogP contribution in [0.2, 0.25) is 0 Å². The highest BCUT2D eigenvalue weighted by atomic mass is 32.2. The molecule has 1 aromatic heterocycles. The van der Waals surface area contributed by atoms with Gasteiger partial charge in [0.15, 0.2) is 0 Å². The molecule has 1 amide bonds. The normalized spacial score (nSPS) is 11.2. The lowest BCUT2D eigenvalue weighted by atomic mass is 10.5. The summed E-state index contributed by atoms with van der Waals surface area (Å²) in [6.45, 7) is 2.97. The van der Waals surface area contributed by atoms with Crippen molar-refractivity contribution in [3.05, 3.63) is 17.0 Å². The minimum absolute atomic E-state index is 0.167. The maximum absolute atomic E-state index is 11.3. The fourth-order valence-corrected chi connectivity index (χ4v) is 3.07. The summed E-state index contributed by atoms with van der Waals surface area (Å²) in [5.74, 6) is -0.578. The molecule has 0 aliphatic heterocycles. The van der Waals surface area contributed by atoms with Crippen LogP contribution >= 0.6 is 11.3 Å². The van der Waals surface area contributed by atoms with Crippen molar-refractivity contribution in [1.82, 2.24) is 4.72 Å². The van der Waals surface area contributed by atoms with Crippen LogP contribution in [0.25, 0.3) is 0 Å². The van der Waals surface area contributed by atoms with Crippen molar-refractivity contribution in [2.75, 3.05) is 0 Å². The Bertz CT molecular complexity index is 419. The van der Waals surface area contributed by atoms with Crippen molar-refractivity contribution in [3.8, 4) is 0 Å². The molecule has 1 rings (SSSR count). The number of hydrogen-bond donors (Lipinski definition) is 1. The first kappa shape index (κ1) is 10.2. The second kappa shape index (κ2) is 3.47. The van der Waals surface area contributed by atoms with Gasteiger partial charge >= 0.3 is 0 Å². The SMILES string of the molecule is CC(=O)NS(=O)(=O)c1ccc(C)s1. The van der Waals surface area contributed by atoms with Crippen LogP contribution in [0, 0.1) is 6.92 Å². The summed E-state index contributed by atoms with van der Waals surface area (Å²) >= 11 is 1.13. The van der Waals surface area contributed by atoms with Gasteiger partial charge in [0.05, 0.1) is 0 Å². The minimum atomic E-state index is -3.62. The second-order valence-electron chi connectivity index (χ2n) is 2.53. The van der Waals surface area contributed by atoms with Gasteiger partial charge in [-0.1, -0.05) is 0 Å². The smallest absolute Gasteiger partial charge is 0.273 e. The molecule has 6 heteroatoms. The molecule has 0 saturated heterocycles. The van der Waals surface area contributed by atoms with Crippen LogP contribution in [0.15, 0.2) is 16.3 Å². The van der Waals surface area contributed by atoms with E-state index in [1.807, 2.05) is 4.72 Å². The third-order valence-corrected chi connectivity index (χ3v) is 4.18. The van der Waals surface area contributed by atoms with Crippen molar-refractivity contribution >= 4 is 27.3 Å². The molecule has 0 aromatic carbocycles. The van der Waals surface area contributed by atoms with Crippen LogP contribution in [0.3, 0.4) is 0 Å². The first-order valence-electron chi connectivity index (χ1n) is 3.51. The molecule has 0 unspecified atom stereocenters. The van der Waals surface area contributed by atoms with Crippen LogP contribution in [-0.4, -0.2) is 14.3 Å². The van der Waals surface area contributed by atoms with Crippen LogP contribution in [0.4, 0.5) is 0 Å². The summed E-state index contributed by atoms with van der Waals surface area (Å²) in [6.07, 6.45) is 0. The van der Waals surface area contributed by atoms with Crippen molar-refractivity contribution in [2.24, 2.45) is 0 Å². The van der Waals surface area contributed by atoms with E-state index in [0.717, 1.165) is 23.1 Å². The number of sulfonamides is 1. The van der Waals surface area contributed by atoms with E-state index < -0.39 is 15.9 Å². The third-order valence-electron chi connectivity index (χ3n) is 1.26. The number of hydrogen-bond acceptors (Lipinski definition) is 4. The molecule has 0 radical (unpaired) electrons. The van der Waals surface area contributed by atoms with Gasteiger partial charge in [-0.3, -0.25) is 4.79 Å². The van der Waals surface area contributed by atoms with E-state index in [-0.39, 0.29) is 4.21 Å². The summed E-state index contributed by atoms with van der Waals surface area (Å²) in [6, 6.07) is 3.17. The summed E-state index contributed by atoms with van der Waals surface area (Å²) < 4.78 is 24.7. The molecule has 0 bridgehead atoms. The molecule has 4 nitrogen and oxygen atoms in total. The lowest BCUT2D eigenvalue weighted by Crippen LogP contribution is -2.27. The van der Waals surface area contributed by atoms with Gasteiger partial charge in [0.25, 0.3) is 10.0 Å². The lowest BCUT2D eigenvalue weighted by Gasteiger charge is -1.99. The molecule has 0 atom stereocenters. The van der Waals surface area contributed by atoms with Crippen molar-refractivity contribution in [3.63, 3.8) is 0 Å². The van der Waals surface area contributed by atoms with E-state index >= 15 is 0 Å². The van der Waals surface area contributed by atoms with Gasteiger partial charge in [-0.05, 0) is 19.1 Å². The van der Waals surface area contributed by atoms with Gasteiger partial charge in [0.2, 0.25) is 5.91 Å². The predicted octanol–water partition coefficient (Wildman–Crippen LogP) is 0.881. The standard InChI is InChI=1S/C7H9NO3S2/c1-5-3-4-7(12-5)13(10,11)8-6(2)9/h3-4H,1-2H3,(H,8,9). The maximum Gasteiger partial charge on any atom is 0.273 e. The van der Waals surface area contributed by atoms with E-state index in [2.05, 4.69) is 0 Å². The molecular formula is C7H9NO3S2. The third kappa shape index (κ3) is 2.53. The fourth-order valence-electron chi connectivity index (χ4n) is 0.796. The summed E-state index contributed by atoms with van der Waals surface area (Å²) in [5.41, 5.74) is 0. The fraction of sp³-hybridized carbons (Fsp3) is 0.286. The Morgan fingerprint density at radius 2 is 2.08 bits per heavy atom. The average molecular weight is 219 g/mol. The quantitative estimate of drug-likeness (QED) is 0.803. The Kier molecular flexibility index (Phi) is 2.72.